The second-order valence-corrected chi connectivity index (χ2v) is 4.96. The van der Waals surface area contributed by atoms with Gasteiger partial charge in [-0.15, -0.1) is 0 Å². The molecule has 0 atom stereocenters. The third-order valence-corrected chi connectivity index (χ3v) is 3.65. The lowest BCUT2D eigenvalue weighted by Gasteiger charge is -2.28. The number of carboxylic acid groups (broad SMARTS) is 3. The van der Waals surface area contributed by atoms with Crippen LogP contribution in [0.3, 0.4) is 0 Å². The lowest BCUT2D eigenvalue weighted by Crippen LogP contribution is -2.45. The number of allylic oxidation sites excluding steroid dienone is 3. The van der Waals surface area contributed by atoms with Crippen LogP contribution in [0.5, 0.6) is 0 Å². The van der Waals surface area contributed by atoms with Gasteiger partial charge in [0.2, 0.25) is 5.41 Å². The molecule has 0 heterocycles. The van der Waals surface area contributed by atoms with Gasteiger partial charge in [0.05, 0.1) is 5.57 Å². The lowest BCUT2D eigenvalue weighted by atomic mass is 9.71. The first-order chi connectivity index (χ1) is 10.8. The number of hydrogen-bond acceptors (Lipinski definition) is 4. The van der Waals surface area contributed by atoms with Crippen molar-refractivity contribution < 1.29 is 34.5 Å². The van der Waals surface area contributed by atoms with Crippen molar-refractivity contribution in [3.63, 3.8) is 0 Å². The van der Waals surface area contributed by atoms with Crippen molar-refractivity contribution in [2.75, 3.05) is 0 Å². The average Bonchev–Trinajstić information content (AvgIpc) is 2.53. The molecule has 0 radical (unpaired) electrons. The molecule has 2 rings (SSSR count). The van der Waals surface area contributed by atoms with E-state index in [0.717, 1.165) is 12.2 Å². The topological polar surface area (TPSA) is 129 Å². The van der Waals surface area contributed by atoms with Crippen molar-refractivity contribution in [3.05, 3.63) is 59.2 Å². The molecule has 0 spiro atoms. The Bertz CT molecular complexity index is 742. The minimum atomic E-state index is -2.69. The van der Waals surface area contributed by atoms with Crippen LogP contribution in [-0.4, -0.2) is 39.0 Å². The minimum Gasteiger partial charge on any atom is -0.480 e. The molecule has 23 heavy (non-hydrogen) atoms. The Morgan fingerprint density at radius 1 is 0.870 bits per heavy atom. The van der Waals surface area contributed by atoms with Crippen LogP contribution >= 0.6 is 0 Å². The van der Waals surface area contributed by atoms with Gasteiger partial charge in [0, 0.05) is 17.6 Å². The van der Waals surface area contributed by atoms with Crippen molar-refractivity contribution in [2.24, 2.45) is 5.41 Å². The van der Waals surface area contributed by atoms with E-state index in [-0.39, 0.29) is 11.1 Å². The molecule has 7 nitrogen and oxygen atoms in total. The predicted molar refractivity (Wildman–Crippen MR) is 76.9 cm³/mol. The molecule has 0 unspecified atom stereocenters. The second kappa shape index (κ2) is 5.88. The van der Waals surface area contributed by atoms with E-state index in [4.69, 9.17) is 5.11 Å². The van der Waals surface area contributed by atoms with Crippen molar-refractivity contribution in [1.29, 1.82) is 0 Å². The van der Waals surface area contributed by atoms with Crippen LogP contribution in [0.15, 0.2) is 53.6 Å². The van der Waals surface area contributed by atoms with Crippen LogP contribution in [0.25, 0.3) is 0 Å². The van der Waals surface area contributed by atoms with E-state index >= 15 is 0 Å². The molecule has 3 N–H and O–H groups in total. The Kier molecular flexibility index (Phi) is 4.13. The summed E-state index contributed by atoms with van der Waals surface area (Å²) < 4.78 is 0. The fourth-order valence-corrected chi connectivity index (χ4v) is 2.42. The maximum atomic E-state index is 12.4. The second-order valence-electron chi connectivity index (χ2n) is 4.96. The summed E-state index contributed by atoms with van der Waals surface area (Å²) in [4.78, 5) is 46.6. The van der Waals surface area contributed by atoms with Gasteiger partial charge in [-0.05, 0) is 6.08 Å². The highest BCUT2D eigenvalue weighted by molar-refractivity contribution is 6.15. The molecule has 1 aromatic rings. The molecule has 1 aromatic carbocycles. The molecule has 0 saturated carbocycles. The summed E-state index contributed by atoms with van der Waals surface area (Å²) in [7, 11) is 0. The Hall–Kier alpha value is -3.22. The molecule has 118 valence electrons. The van der Waals surface area contributed by atoms with Gasteiger partial charge in [0.1, 0.15) is 0 Å². The number of carboxylic acids is 3. The zero-order valence-corrected chi connectivity index (χ0v) is 11.7. The van der Waals surface area contributed by atoms with Crippen molar-refractivity contribution in [3.8, 4) is 0 Å². The number of benzene rings is 1. The minimum absolute atomic E-state index is 0.0778. The average molecular weight is 316 g/mol. The number of carbonyl (C=O) groups is 4. The van der Waals surface area contributed by atoms with Gasteiger partial charge in [0.25, 0.3) is 0 Å². The van der Waals surface area contributed by atoms with Gasteiger partial charge in [-0.2, -0.15) is 0 Å². The van der Waals surface area contributed by atoms with Crippen LogP contribution in [0.1, 0.15) is 16.8 Å². The zero-order chi connectivity index (χ0) is 17.2. The molecule has 0 fully saturated rings. The normalized spacial score (nSPS) is 16.0. The third-order valence-electron chi connectivity index (χ3n) is 3.65. The van der Waals surface area contributed by atoms with Gasteiger partial charge >= 0.3 is 17.9 Å². The van der Waals surface area contributed by atoms with E-state index in [1.54, 1.807) is 18.2 Å². The molecule has 0 saturated heterocycles. The number of carbonyl (C=O) groups excluding carboxylic acids is 1. The number of aliphatic carboxylic acids is 3. The summed E-state index contributed by atoms with van der Waals surface area (Å²) in [6.45, 7) is 0. The third kappa shape index (κ3) is 2.64. The lowest BCUT2D eigenvalue weighted by molar-refractivity contribution is -0.164. The number of rotatable bonds is 5. The Balaban J connectivity index is 2.54. The van der Waals surface area contributed by atoms with Crippen LogP contribution < -0.4 is 0 Å². The highest BCUT2D eigenvalue weighted by Gasteiger charge is 2.54. The summed E-state index contributed by atoms with van der Waals surface area (Å²) >= 11 is 0. The smallest absolute Gasteiger partial charge is 0.333 e. The summed E-state index contributed by atoms with van der Waals surface area (Å²) in [5.41, 5.74) is -3.30. The van der Waals surface area contributed by atoms with E-state index < -0.39 is 41.1 Å². The van der Waals surface area contributed by atoms with Gasteiger partial charge in [-0.1, -0.05) is 36.4 Å². The first-order valence-corrected chi connectivity index (χ1v) is 6.52. The van der Waals surface area contributed by atoms with Gasteiger partial charge in [-0.3, -0.25) is 14.4 Å². The van der Waals surface area contributed by atoms with Crippen LogP contribution in [0.2, 0.25) is 0 Å². The molecule has 0 aromatic heterocycles. The van der Waals surface area contributed by atoms with E-state index in [0.29, 0.717) is 0 Å². The van der Waals surface area contributed by atoms with Crippen molar-refractivity contribution in [2.45, 2.75) is 6.42 Å². The Morgan fingerprint density at radius 2 is 1.43 bits per heavy atom. The van der Waals surface area contributed by atoms with Gasteiger partial charge in [0.15, 0.2) is 5.78 Å². The summed E-state index contributed by atoms with van der Waals surface area (Å²) in [5, 5.41) is 27.8. The predicted octanol–water partition coefficient (Wildman–Crippen LogP) is 1.37. The van der Waals surface area contributed by atoms with Crippen LogP contribution in [0, 0.1) is 5.41 Å². The Labute approximate surface area is 130 Å². The molecule has 0 aliphatic heterocycles. The standard InChI is InChI=1S/C16H12O7/c17-12(9-4-2-1-3-5-9)10-6-7-11(13(18)19)16(8-10,14(20)21)15(22)23/h1-7H,8H2,(H,18,19)(H,20,21)(H,22,23). The monoisotopic (exact) mass is 316 g/mol. The first-order valence-electron chi connectivity index (χ1n) is 6.52. The largest absolute Gasteiger partial charge is 0.480 e. The molecular weight excluding hydrogens is 304 g/mol. The fraction of sp³-hybridized carbons (Fsp3) is 0.125. The maximum Gasteiger partial charge on any atom is 0.333 e. The highest BCUT2D eigenvalue weighted by Crippen LogP contribution is 2.40. The van der Waals surface area contributed by atoms with Crippen LogP contribution in [-0.2, 0) is 14.4 Å². The highest BCUT2D eigenvalue weighted by atomic mass is 16.4. The number of ketones is 1. The molecular formula is C16H12O7. The molecule has 1 aliphatic carbocycles. The Morgan fingerprint density at radius 3 is 1.91 bits per heavy atom. The van der Waals surface area contributed by atoms with Gasteiger partial charge in [-0.25, -0.2) is 4.79 Å². The van der Waals surface area contributed by atoms with E-state index in [2.05, 4.69) is 0 Å². The quantitative estimate of drug-likeness (QED) is 0.552. The van der Waals surface area contributed by atoms with E-state index in [1.165, 1.54) is 12.1 Å². The van der Waals surface area contributed by atoms with Crippen LogP contribution in [0.4, 0.5) is 0 Å². The number of Topliss-reactive ketones (excluding diaryl/α,β-unsaturated/α-hetero) is 1. The van der Waals surface area contributed by atoms with E-state index in [1.807, 2.05) is 0 Å². The SMILES string of the molecule is O=C(O)C1=CC=C(C(=O)c2ccccc2)CC1(C(=O)O)C(=O)O. The molecule has 0 amide bonds. The fourth-order valence-electron chi connectivity index (χ4n) is 2.42. The first kappa shape index (κ1) is 16.2. The molecule has 0 bridgehead atoms. The maximum absolute atomic E-state index is 12.4. The summed E-state index contributed by atoms with van der Waals surface area (Å²) in [5.74, 6) is -5.86. The summed E-state index contributed by atoms with van der Waals surface area (Å²) in [6, 6.07) is 7.91. The van der Waals surface area contributed by atoms with Crippen molar-refractivity contribution in [1.82, 2.24) is 0 Å². The molecule has 7 heteroatoms. The summed E-state index contributed by atoms with van der Waals surface area (Å²) in [6.07, 6.45) is 1.29. The van der Waals surface area contributed by atoms with Crippen molar-refractivity contribution >= 4 is 23.7 Å². The molecule has 1 aliphatic rings. The van der Waals surface area contributed by atoms with E-state index in [9.17, 15) is 29.4 Å². The van der Waals surface area contributed by atoms with Gasteiger partial charge < -0.3 is 15.3 Å². The number of hydrogen-bond donors (Lipinski definition) is 3. The zero-order valence-electron chi connectivity index (χ0n) is 11.7.